The molecule has 0 saturated carbocycles. The number of rotatable bonds is 71. The van der Waals surface area contributed by atoms with Crippen LogP contribution in [0.5, 0.6) is 0 Å². The minimum atomic E-state index is -4.96. The number of hydrogen-bond donors (Lipinski definition) is 3. The number of unbranched alkanes of at least 4 members (excludes halogenated alkanes) is 35. The van der Waals surface area contributed by atoms with Gasteiger partial charge in [-0.15, -0.1) is 0 Å². The zero-order chi connectivity index (χ0) is 69.4. The smallest absolute Gasteiger partial charge is 0.462 e. The van der Waals surface area contributed by atoms with E-state index in [1.807, 2.05) is 0 Å². The first kappa shape index (κ1) is 91.5. The molecule has 0 aliphatic heterocycles. The van der Waals surface area contributed by atoms with Gasteiger partial charge in [0, 0.05) is 25.7 Å². The highest BCUT2D eigenvalue weighted by Crippen LogP contribution is 2.45. The van der Waals surface area contributed by atoms with E-state index in [0.717, 1.165) is 127 Å². The second kappa shape index (κ2) is 65.2. The fourth-order valence-corrected chi connectivity index (χ4v) is 12.4. The molecule has 0 fully saturated rings. The predicted octanol–water partition coefficient (Wildman–Crippen LogP) is 21.3. The van der Waals surface area contributed by atoms with E-state index < -0.39 is 97.5 Å². The molecule has 3 N–H and O–H groups in total. The van der Waals surface area contributed by atoms with Gasteiger partial charge in [-0.25, -0.2) is 9.13 Å². The fraction of sp³-hybridized carbons (Fsp3) is 0.893. The summed E-state index contributed by atoms with van der Waals surface area (Å²) in [6, 6.07) is 0. The first-order valence-electron chi connectivity index (χ1n) is 38.2. The second-order valence-corrected chi connectivity index (χ2v) is 30.5. The number of allylic oxidation sites excluding steroid dienone is 4. The highest BCUT2D eigenvalue weighted by atomic mass is 31.2. The van der Waals surface area contributed by atoms with E-state index in [-0.39, 0.29) is 25.7 Å². The van der Waals surface area contributed by atoms with Crippen molar-refractivity contribution in [2.75, 3.05) is 39.6 Å². The van der Waals surface area contributed by atoms with Gasteiger partial charge in [-0.05, 0) is 69.1 Å². The van der Waals surface area contributed by atoms with Crippen LogP contribution in [0.2, 0.25) is 0 Å². The first-order chi connectivity index (χ1) is 45.3. The van der Waals surface area contributed by atoms with E-state index in [0.29, 0.717) is 31.6 Å². The van der Waals surface area contributed by atoms with E-state index in [9.17, 15) is 43.2 Å². The maximum Gasteiger partial charge on any atom is 0.472 e. The van der Waals surface area contributed by atoms with E-state index in [2.05, 4.69) is 72.8 Å². The third kappa shape index (κ3) is 66.8. The largest absolute Gasteiger partial charge is 0.472 e. The number of phosphoric ester groups is 2. The van der Waals surface area contributed by atoms with Crippen molar-refractivity contribution in [2.45, 2.75) is 375 Å². The summed E-state index contributed by atoms with van der Waals surface area (Å²) in [5.74, 6) is 0.0858. The third-order valence-electron chi connectivity index (χ3n) is 17.1. The molecule has 554 valence electrons. The van der Waals surface area contributed by atoms with E-state index in [1.54, 1.807) is 0 Å². The third-order valence-corrected chi connectivity index (χ3v) is 19.0. The lowest BCUT2D eigenvalue weighted by Gasteiger charge is -2.21. The molecule has 6 atom stereocenters. The van der Waals surface area contributed by atoms with Gasteiger partial charge in [-0.3, -0.25) is 37.3 Å². The Bertz CT molecular complexity index is 1930. The quantitative estimate of drug-likeness (QED) is 0.0169. The molecule has 0 rings (SSSR count). The maximum atomic E-state index is 13.1. The van der Waals surface area contributed by atoms with Crippen molar-refractivity contribution >= 4 is 39.5 Å². The predicted molar refractivity (Wildman–Crippen MR) is 381 cm³/mol. The van der Waals surface area contributed by atoms with Gasteiger partial charge in [0.05, 0.1) is 26.4 Å². The van der Waals surface area contributed by atoms with Crippen LogP contribution in [-0.2, 0) is 65.4 Å². The number of hydrogen-bond acceptors (Lipinski definition) is 15. The summed E-state index contributed by atoms with van der Waals surface area (Å²) in [5.41, 5.74) is 0. The van der Waals surface area contributed by atoms with Gasteiger partial charge < -0.3 is 33.8 Å². The van der Waals surface area contributed by atoms with Crippen LogP contribution in [0, 0.1) is 17.8 Å². The van der Waals surface area contributed by atoms with Crippen molar-refractivity contribution in [3.63, 3.8) is 0 Å². The number of carbonyl (C=O) groups is 4. The normalized spacial score (nSPS) is 14.6. The number of ether oxygens (including phenoxy) is 4. The highest BCUT2D eigenvalue weighted by molar-refractivity contribution is 7.47. The molecular weight excluding hydrogens is 1230 g/mol. The molecule has 19 heteroatoms. The summed E-state index contributed by atoms with van der Waals surface area (Å²) in [6.07, 6.45) is 53.7. The number of aliphatic hydroxyl groups is 1. The Balaban J connectivity index is 5.24. The van der Waals surface area contributed by atoms with Crippen LogP contribution in [-0.4, -0.2) is 96.7 Å². The number of phosphoric acid groups is 2. The lowest BCUT2D eigenvalue weighted by Crippen LogP contribution is -2.30. The molecule has 17 nitrogen and oxygen atoms in total. The standard InChI is InChI=1S/C75H142O17P2/c1-8-10-11-12-13-14-15-16-19-23-26-29-34-44-51-59-75(80)92-71(63-86-73(78)57-50-43-38-37-41-48-55-68(7)9-2)65-90-94(83,84)88-61-69(76)60-87-93(81,82)89-64-70(62-85-72(77)56-49-42-36-31-33-40-47-54-67(5)6)91-74(79)58-52-45-35-30-27-24-21-18-17-20-22-25-28-32-39-46-53-66(3)4/h14-16,19,66-71,76H,8-13,17-18,20-65H2,1-7H3,(H,81,82)(H,83,84)/b15-14-,19-16-/t68?,69-,70-,71-/m1/s1. The Labute approximate surface area is 573 Å². The molecule has 0 radical (unpaired) electrons. The van der Waals surface area contributed by atoms with Gasteiger partial charge in [0.25, 0.3) is 0 Å². The Morgan fingerprint density at radius 1 is 0.351 bits per heavy atom. The second-order valence-electron chi connectivity index (χ2n) is 27.5. The maximum absolute atomic E-state index is 13.1. The summed E-state index contributed by atoms with van der Waals surface area (Å²) in [4.78, 5) is 72.7. The molecule has 0 saturated heterocycles. The van der Waals surface area contributed by atoms with Crippen LogP contribution >= 0.6 is 15.6 Å². The highest BCUT2D eigenvalue weighted by Gasteiger charge is 2.30. The van der Waals surface area contributed by atoms with Gasteiger partial charge in [0.1, 0.15) is 19.3 Å². The number of carbonyl (C=O) groups excluding carboxylic acids is 4. The van der Waals surface area contributed by atoms with Crippen LogP contribution in [0.4, 0.5) is 0 Å². The molecular formula is C75H142O17P2. The Morgan fingerprint density at radius 3 is 0.947 bits per heavy atom. The van der Waals surface area contributed by atoms with E-state index in [1.165, 1.54) is 141 Å². The Hall–Kier alpha value is -2.46. The van der Waals surface area contributed by atoms with E-state index >= 15 is 0 Å². The van der Waals surface area contributed by atoms with Crippen molar-refractivity contribution in [3.05, 3.63) is 24.3 Å². The van der Waals surface area contributed by atoms with E-state index in [4.69, 9.17) is 37.0 Å². The zero-order valence-electron chi connectivity index (χ0n) is 60.9. The van der Waals surface area contributed by atoms with Crippen molar-refractivity contribution in [2.24, 2.45) is 17.8 Å². The molecule has 3 unspecified atom stereocenters. The van der Waals surface area contributed by atoms with Crippen LogP contribution in [0.3, 0.4) is 0 Å². The summed E-state index contributed by atoms with van der Waals surface area (Å²) < 4.78 is 68.4. The van der Waals surface area contributed by atoms with Gasteiger partial charge in [0.2, 0.25) is 0 Å². The van der Waals surface area contributed by atoms with Crippen molar-refractivity contribution in [1.29, 1.82) is 0 Å². The molecule has 0 spiro atoms. The molecule has 0 aromatic rings. The van der Waals surface area contributed by atoms with Crippen LogP contribution < -0.4 is 0 Å². The minimum Gasteiger partial charge on any atom is -0.462 e. The van der Waals surface area contributed by atoms with Crippen LogP contribution in [0.1, 0.15) is 357 Å². The summed E-state index contributed by atoms with van der Waals surface area (Å²) >= 11 is 0. The monoisotopic (exact) mass is 1380 g/mol. The molecule has 0 aromatic heterocycles. The lowest BCUT2D eigenvalue weighted by molar-refractivity contribution is -0.161. The average molecular weight is 1380 g/mol. The zero-order valence-corrected chi connectivity index (χ0v) is 62.7. The fourth-order valence-electron chi connectivity index (χ4n) is 10.9. The summed E-state index contributed by atoms with van der Waals surface area (Å²) in [6.45, 7) is 11.7. The Kier molecular flexibility index (Phi) is 63.5. The molecule has 0 heterocycles. The average Bonchev–Trinajstić information content (AvgIpc) is 1.30. The van der Waals surface area contributed by atoms with Crippen molar-refractivity contribution in [1.82, 2.24) is 0 Å². The SMILES string of the molecule is CCCCCC/C=C\C=C/CCCCCCCC(=O)O[C@H](COC(=O)CCCCCCCCC(C)CC)COP(=O)(O)OC[C@H](O)COP(=O)(O)OC[C@@H](COC(=O)CCCCCCCCCC(C)C)OC(=O)CCCCCCCCCCCCCCCCCCC(C)C. The van der Waals surface area contributed by atoms with Gasteiger partial charge in [-0.2, -0.15) is 0 Å². The number of esters is 4. The summed E-state index contributed by atoms with van der Waals surface area (Å²) in [7, 11) is -9.92. The topological polar surface area (TPSA) is 237 Å². The molecule has 0 aliphatic rings. The van der Waals surface area contributed by atoms with Crippen LogP contribution in [0.15, 0.2) is 24.3 Å². The van der Waals surface area contributed by atoms with Crippen molar-refractivity contribution in [3.8, 4) is 0 Å². The first-order valence-corrected chi connectivity index (χ1v) is 41.2. The number of aliphatic hydroxyl groups excluding tert-OH is 1. The molecule has 94 heavy (non-hydrogen) atoms. The van der Waals surface area contributed by atoms with Crippen LogP contribution in [0.25, 0.3) is 0 Å². The molecule has 0 bridgehead atoms. The minimum absolute atomic E-state index is 0.0838. The van der Waals surface area contributed by atoms with Crippen molar-refractivity contribution < 1.29 is 80.2 Å². The van der Waals surface area contributed by atoms with Gasteiger partial charge in [-0.1, -0.05) is 304 Å². The lowest BCUT2D eigenvalue weighted by atomic mass is 10.00. The molecule has 0 aliphatic carbocycles. The van der Waals surface area contributed by atoms with Gasteiger partial charge >= 0.3 is 39.5 Å². The van der Waals surface area contributed by atoms with Gasteiger partial charge in [0.15, 0.2) is 12.2 Å². The molecule has 0 amide bonds. The Morgan fingerprint density at radius 2 is 0.628 bits per heavy atom. The summed E-state index contributed by atoms with van der Waals surface area (Å²) in [5, 5.41) is 10.6. The molecule has 0 aromatic carbocycles.